The number of hydrogen-bond donors (Lipinski definition) is 2. The number of aromatic nitrogens is 2. The van der Waals surface area contributed by atoms with Gasteiger partial charge in [0, 0.05) is 5.69 Å². The van der Waals surface area contributed by atoms with Crippen LogP contribution in [0.5, 0.6) is 0 Å². The van der Waals surface area contributed by atoms with Crippen molar-refractivity contribution in [3.8, 4) is 0 Å². The van der Waals surface area contributed by atoms with Crippen molar-refractivity contribution in [2.45, 2.75) is 32.6 Å². The van der Waals surface area contributed by atoms with Crippen molar-refractivity contribution in [3.05, 3.63) is 17.5 Å². The molecule has 0 aromatic carbocycles. The summed E-state index contributed by atoms with van der Waals surface area (Å²) in [5, 5.41) is 10.6. The van der Waals surface area contributed by atoms with Gasteiger partial charge in [0.15, 0.2) is 0 Å². The Morgan fingerprint density at radius 2 is 2.22 bits per heavy atom. The lowest BCUT2D eigenvalue weighted by molar-refractivity contribution is 0.216. The minimum atomic E-state index is 0.886. The van der Waals surface area contributed by atoms with E-state index < -0.39 is 0 Å². The zero-order valence-electron chi connectivity index (χ0n) is 11.7. The monoisotopic (exact) mass is 250 g/mol. The number of aryl methyl sites for hydroxylation is 2. The van der Waals surface area contributed by atoms with Crippen molar-refractivity contribution in [1.29, 1.82) is 0 Å². The summed E-state index contributed by atoms with van der Waals surface area (Å²) in [7, 11) is 2.22. The Morgan fingerprint density at radius 3 is 2.89 bits per heavy atom. The second-order valence-corrected chi connectivity index (χ2v) is 5.57. The molecule has 102 valence electrons. The topological polar surface area (TPSA) is 44.0 Å². The first kappa shape index (κ1) is 13.6. The molecular formula is C14H26N4. The summed E-state index contributed by atoms with van der Waals surface area (Å²) in [5.74, 6) is 0.886. The Morgan fingerprint density at radius 1 is 1.44 bits per heavy atom. The van der Waals surface area contributed by atoms with Crippen LogP contribution in [0.2, 0.25) is 0 Å². The predicted octanol–water partition coefficient (Wildman–Crippen LogP) is 1.58. The van der Waals surface area contributed by atoms with Gasteiger partial charge < -0.3 is 10.2 Å². The molecule has 0 spiro atoms. The van der Waals surface area contributed by atoms with Crippen LogP contribution in [0.3, 0.4) is 0 Å². The van der Waals surface area contributed by atoms with E-state index in [1.165, 1.54) is 50.2 Å². The molecule has 0 aliphatic carbocycles. The summed E-state index contributed by atoms with van der Waals surface area (Å²) < 4.78 is 0. The lowest BCUT2D eigenvalue weighted by atomic mass is 9.97. The summed E-state index contributed by atoms with van der Waals surface area (Å²) in [6.45, 7) is 6.94. The maximum Gasteiger partial charge on any atom is 0.0522 e. The molecule has 0 radical (unpaired) electrons. The molecule has 1 fully saturated rings. The number of nitrogens with one attached hydrogen (secondary N) is 2. The quantitative estimate of drug-likeness (QED) is 0.754. The number of H-pyrrole nitrogens is 1. The van der Waals surface area contributed by atoms with E-state index in [0.29, 0.717) is 0 Å². The highest BCUT2D eigenvalue weighted by Crippen LogP contribution is 2.14. The maximum atomic E-state index is 4.05. The molecule has 4 heteroatoms. The average Bonchev–Trinajstić information content (AvgIpc) is 2.77. The second-order valence-electron chi connectivity index (χ2n) is 5.57. The Bertz CT molecular complexity index is 339. The highest BCUT2D eigenvalue weighted by atomic mass is 15.1. The van der Waals surface area contributed by atoms with Gasteiger partial charge in [0.1, 0.15) is 0 Å². The smallest absolute Gasteiger partial charge is 0.0522 e. The molecule has 0 saturated carbocycles. The first-order valence-corrected chi connectivity index (χ1v) is 7.14. The number of aromatic amines is 1. The van der Waals surface area contributed by atoms with Crippen molar-refractivity contribution in [3.63, 3.8) is 0 Å². The molecule has 0 unspecified atom stereocenters. The summed E-state index contributed by atoms with van der Waals surface area (Å²) in [4.78, 5) is 2.43. The third-order valence-corrected chi connectivity index (χ3v) is 4.01. The van der Waals surface area contributed by atoms with Gasteiger partial charge in [-0.15, -0.1) is 0 Å². The third kappa shape index (κ3) is 4.10. The summed E-state index contributed by atoms with van der Waals surface area (Å²) in [5.41, 5.74) is 2.57. The van der Waals surface area contributed by atoms with Gasteiger partial charge in [0.25, 0.3) is 0 Å². The molecule has 1 aromatic heterocycles. The normalized spacial score (nSPS) is 18.3. The van der Waals surface area contributed by atoms with Gasteiger partial charge in [-0.2, -0.15) is 5.10 Å². The lowest BCUT2D eigenvalue weighted by Crippen LogP contribution is -2.35. The second kappa shape index (κ2) is 6.90. The summed E-state index contributed by atoms with van der Waals surface area (Å²) >= 11 is 0. The number of rotatable bonds is 6. The molecule has 0 atom stereocenters. The fourth-order valence-corrected chi connectivity index (χ4v) is 2.60. The molecule has 2 rings (SSSR count). The summed E-state index contributed by atoms with van der Waals surface area (Å²) in [6.07, 6.45) is 6.98. The van der Waals surface area contributed by atoms with E-state index >= 15 is 0 Å². The van der Waals surface area contributed by atoms with Gasteiger partial charge in [0.05, 0.1) is 6.20 Å². The van der Waals surface area contributed by atoms with Gasteiger partial charge in [-0.25, -0.2) is 0 Å². The van der Waals surface area contributed by atoms with Gasteiger partial charge in [-0.1, -0.05) is 0 Å². The molecule has 0 amide bonds. The van der Waals surface area contributed by atoms with E-state index in [2.05, 4.69) is 34.4 Å². The highest BCUT2D eigenvalue weighted by molar-refractivity contribution is 5.14. The van der Waals surface area contributed by atoms with Crippen LogP contribution in [0.15, 0.2) is 6.20 Å². The SMILES string of the molecule is Cc1[nH]ncc1CCCNCC1CCN(C)CC1. The van der Waals surface area contributed by atoms with E-state index in [-0.39, 0.29) is 0 Å². The van der Waals surface area contributed by atoms with Crippen LogP contribution < -0.4 is 5.32 Å². The molecule has 2 heterocycles. The van der Waals surface area contributed by atoms with Crippen molar-refractivity contribution < 1.29 is 0 Å². The predicted molar refractivity (Wildman–Crippen MR) is 74.7 cm³/mol. The lowest BCUT2D eigenvalue weighted by Gasteiger charge is -2.29. The molecule has 1 aliphatic rings. The fraction of sp³-hybridized carbons (Fsp3) is 0.786. The Hall–Kier alpha value is -0.870. The fourth-order valence-electron chi connectivity index (χ4n) is 2.60. The molecular weight excluding hydrogens is 224 g/mol. The van der Waals surface area contributed by atoms with Crippen molar-refractivity contribution >= 4 is 0 Å². The summed E-state index contributed by atoms with van der Waals surface area (Å²) in [6, 6.07) is 0. The Labute approximate surface area is 110 Å². The van der Waals surface area contributed by atoms with Crippen LogP contribution in [0.4, 0.5) is 0 Å². The van der Waals surface area contributed by atoms with Crippen LogP contribution >= 0.6 is 0 Å². The maximum absolute atomic E-state index is 4.05. The minimum absolute atomic E-state index is 0.886. The Kier molecular flexibility index (Phi) is 5.20. The molecule has 18 heavy (non-hydrogen) atoms. The molecule has 2 N–H and O–H groups in total. The van der Waals surface area contributed by atoms with Gasteiger partial charge >= 0.3 is 0 Å². The van der Waals surface area contributed by atoms with Crippen LogP contribution in [0, 0.1) is 12.8 Å². The number of piperidine rings is 1. The van der Waals surface area contributed by atoms with Gasteiger partial charge in [-0.3, -0.25) is 5.10 Å². The highest BCUT2D eigenvalue weighted by Gasteiger charge is 2.15. The van der Waals surface area contributed by atoms with Gasteiger partial charge in [0.2, 0.25) is 0 Å². The van der Waals surface area contributed by atoms with E-state index in [0.717, 1.165) is 18.9 Å². The van der Waals surface area contributed by atoms with Gasteiger partial charge in [-0.05, 0) is 77.3 Å². The third-order valence-electron chi connectivity index (χ3n) is 4.01. The van der Waals surface area contributed by atoms with Crippen molar-refractivity contribution in [2.75, 3.05) is 33.2 Å². The van der Waals surface area contributed by atoms with E-state index in [4.69, 9.17) is 0 Å². The number of likely N-dealkylation sites (tertiary alicyclic amines) is 1. The number of hydrogen-bond acceptors (Lipinski definition) is 3. The minimum Gasteiger partial charge on any atom is -0.316 e. The molecule has 1 aromatic rings. The molecule has 4 nitrogen and oxygen atoms in total. The zero-order valence-corrected chi connectivity index (χ0v) is 11.7. The first-order valence-electron chi connectivity index (χ1n) is 7.14. The molecule has 1 saturated heterocycles. The van der Waals surface area contributed by atoms with Crippen molar-refractivity contribution in [2.24, 2.45) is 5.92 Å². The molecule has 1 aliphatic heterocycles. The Balaban J connectivity index is 1.53. The van der Waals surface area contributed by atoms with Crippen LogP contribution in [0.1, 0.15) is 30.5 Å². The van der Waals surface area contributed by atoms with Crippen molar-refractivity contribution in [1.82, 2.24) is 20.4 Å². The number of nitrogens with zero attached hydrogens (tertiary/aromatic N) is 2. The largest absolute Gasteiger partial charge is 0.316 e. The van der Waals surface area contributed by atoms with E-state index in [1.807, 2.05) is 6.20 Å². The standard InChI is InChI=1S/C14H26N4/c1-12-14(11-16-17-12)4-3-7-15-10-13-5-8-18(2)9-6-13/h11,13,15H,3-10H2,1-2H3,(H,16,17). The molecule has 0 bridgehead atoms. The van der Waals surface area contributed by atoms with Crippen LogP contribution in [-0.4, -0.2) is 48.3 Å². The van der Waals surface area contributed by atoms with E-state index in [1.54, 1.807) is 0 Å². The van der Waals surface area contributed by atoms with E-state index in [9.17, 15) is 0 Å². The van der Waals surface area contributed by atoms with Crippen LogP contribution in [-0.2, 0) is 6.42 Å². The zero-order chi connectivity index (χ0) is 12.8. The first-order chi connectivity index (χ1) is 8.75. The average molecular weight is 250 g/mol. The van der Waals surface area contributed by atoms with Crippen LogP contribution in [0.25, 0.3) is 0 Å².